The van der Waals surface area contributed by atoms with Crippen LogP contribution in [0.1, 0.15) is 0 Å². The fraction of sp³-hybridized carbons (Fsp3) is 0.375. The fourth-order valence-corrected chi connectivity index (χ4v) is 1.11. The number of aromatic nitrogens is 1. The van der Waals surface area contributed by atoms with Crippen molar-refractivity contribution in [3.63, 3.8) is 0 Å². The van der Waals surface area contributed by atoms with Gasteiger partial charge < -0.3 is 11.1 Å². The zero-order valence-corrected chi connectivity index (χ0v) is 7.90. The number of nitrogens with two attached hydrogens (primary N) is 1. The maximum Gasteiger partial charge on any atom is 0.123 e. The molecule has 0 spiro atoms. The monoisotopic (exact) mass is 183 g/mol. The molecule has 0 amide bonds. The summed E-state index contributed by atoms with van der Waals surface area (Å²) >= 11 is 1.82. The zero-order chi connectivity index (χ0) is 8.81. The van der Waals surface area contributed by atoms with E-state index in [2.05, 4.69) is 16.6 Å². The van der Waals surface area contributed by atoms with Gasteiger partial charge in [0.15, 0.2) is 0 Å². The summed E-state index contributed by atoms with van der Waals surface area (Å²) in [6.45, 7) is 0.965. The smallest absolute Gasteiger partial charge is 0.123 e. The van der Waals surface area contributed by atoms with Gasteiger partial charge in [-0.1, -0.05) is 0 Å². The molecule has 0 fully saturated rings. The first-order valence-corrected chi connectivity index (χ1v) is 5.16. The lowest BCUT2D eigenvalue weighted by Crippen LogP contribution is -2.04. The van der Waals surface area contributed by atoms with Crippen molar-refractivity contribution in [3.05, 3.63) is 18.3 Å². The largest absolute Gasteiger partial charge is 0.384 e. The first-order valence-electron chi connectivity index (χ1n) is 3.77. The lowest BCUT2D eigenvalue weighted by atomic mass is 10.4. The molecule has 0 aliphatic carbocycles. The molecule has 0 unspecified atom stereocenters. The summed E-state index contributed by atoms with van der Waals surface area (Å²) in [4.78, 5) is 3.97. The minimum Gasteiger partial charge on any atom is -0.384 e. The van der Waals surface area contributed by atoms with Crippen LogP contribution in [-0.2, 0) is 0 Å². The van der Waals surface area contributed by atoms with Gasteiger partial charge in [0.1, 0.15) is 5.82 Å². The SMILES string of the molecule is CSCCNc1ccc(N)nc1. The van der Waals surface area contributed by atoms with E-state index in [0.29, 0.717) is 5.82 Å². The average molecular weight is 183 g/mol. The second-order valence-corrected chi connectivity index (χ2v) is 3.38. The zero-order valence-electron chi connectivity index (χ0n) is 7.08. The number of hydrogen-bond acceptors (Lipinski definition) is 4. The number of nitrogens with one attached hydrogen (secondary N) is 1. The minimum absolute atomic E-state index is 0.561. The van der Waals surface area contributed by atoms with Gasteiger partial charge in [-0.25, -0.2) is 4.98 Å². The van der Waals surface area contributed by atoms with Gasteiger partial charge in [0.2, 0.25) is 0 Å². The van der Waals surface area contributed by atoms with Crippen molar-refractivity contribution in [2.45, 2.75) is 0 Å². The number of nitrogens with zero attached hydrogens (tertiary/aromatic N) is 1. The molecular weight excluding hydrogens is 170 g/mol. The minimum atomic E-state index is 0.561. The van der Waals surface area contributed by atoms with E-state index in [1.807, 2.05) is 17.8 Å². The van der Waals surface area contributed by atoms with Gasteiger partial charge in [0.25, 0.3) is 0 Å². The third kappa shape index (κ3) is 3.00. The maximum atomic E-state index is 5.44. The van der Waals surface area contributed by atoms with Crippen LogP contribution in [0.3, 0.4) is 0 Å². The molecule has 1 rings (SSSR count). The Hall–Kier alpha value is -0.900. The molecular formula is C8H13N3S. The summed E-state index contributed by atoms with van der Waals surface area (Å²) in [5, 5.41) is 3.23. The van der Waals surface area contributed by atoms with Crippen LogP contribution in [-0.4, -0.2) is 23.5 Å². The summed E-state index contributed by atoms with van der Waals surface area (Å²) in [6.07, 6.45) is 3.83. The van der Waals surface area contributed by atoms with E-state index in [-0.39, 0.29) is 0 Å². The van der Waals surface area contributed by atoms with E-state index < -0.39 is 0 Å². The van der Waals surface area contributed by atoms with Crippen molar-refractivity contribution in [1.29, 1.82) is 0 Å². The average Bonchev–Trinajstić information content (AvgIpc) is 2.09. The molecule has 1 aromatic rings. The number of thioether (sulfide) groups is 1. The summed E-state index contributed by atoms with van der Waals surface area (Å²) in [6, 6.07) is 3.73. The molecule has 0 bridgehead atoms. The molecule has 3 N–H and O–H groups in total. The van der Waals surface area contributed by atoms with Crippen LogP contribution in [0, 0.1) is 0 Å². The Balaban J connectivity index is 2.37. The summed E-state index contributed by atoms with van der Waals surface area (Å²) in [5.74, 6) is 1.66. The Labute approximate surface area is 76.8 Å². The maximum absolute atomic E-state index is 5.44. The number of nitrogen functional groups attached to an aromatic ring is 1. The van der Waals surface area contributed by atoms with Gasteiger partial charge >= 0.3 is 0 Å². The number of pyridine rings is 1. The Morgan fingerprint density at radius 3 is 3.00 bits per heavy atom. The highest BCUT2D eigenvalue weighted by Gasteiger charge is 1.90. The molecule has 0 saturated carbocycles. The van der Waals surface area contributed by atoms with Crippen molar-refractivity contribution in [1.82, 2.24) is 4.98 Å². The van der Waals surface area contributed by atoms with E-state index >= 15 is 0 Å². The topological polar surface area (TPSA) is 50.9 Å². The van der Waals surface area contributed by atoms with Gasteiger partial charge in [-0.2, -0.15) is 11.8 Å². The lowest BCUT2D eigenvalue weighted by Gasteiger charge is -2.03. The van der Waals surface area contributed by atoms with Crippen LogP contribution in [0.5, 0.6) is 0 Å². The van der Waals surface area contributed by atoms with E-state index in [9.17, 15) is 0 Å². The van der Waals surface area contributed by atoms with Crippen molar-refractivity contribution in [2.75, 3.05) is 29.6 Å². The molecule has 3 nitrogen and oxygen atoms in total. The molecule has 1 aromatic heterocycles. The van der Waals surface area contributed by atoms with Crippen molar-refractivity contribution >= 4 is 23.3 Å². The number of hydrogen-bond donors (Lipinski definition) is 2. The molecule has 66 valence electrons. The molecule has 12 heavy (non-hydrogen) atoms. The highest BCUT2D eigenvalue weighted by Crippen LogP contribution is 2.06. The normalized spacial score (nSPS) is 9.75. The second kappa shape index (κ2) is 4.87. The van der Waals surface area contributed by atoms with Crippen LogP contribution in [0.2, 0.25) is 0 Å². The van der Waals surface area contributed by atoms with Crippen molar-refractivity contribution in [3.8, 4) is 0 Å². The van der Waals surface area contributed by atoms with Crippen LogP contribution < -0.4 is 11.1 Å². The van der Waals surface area contributed by atoms with Crippen LogP contribution in [0.4, 0.5) is 11.5 Å². The van der Waals surface area contributed by atoms with E-state index in [1.165, 1.54) is 0 Å². The van der Waals surface area contributed by atoms with Crippen LogP contribution in [0.15, 0.2) is 18.3 Å². The Morgan fingerprint density at radius 2 is 2.42 bits per heavy atom. The summed E-state index contributed by atoms with van der Waals surface area (Å²) < 4.78 is 0. The molecule has 0 atom stereocenters. The van der Waals surface area contributed by atoms with Gasteiger partial charge in [0.05, 0.1) is 11.9 Å². The number of anilines is 2. The predicted molar refractivity (Wildman–Crippen MR) is 55.5 cm³/mol. The molecule has 0 aliphatic rings. The van der Waals surface area contributed by atoms with Crippen LogP contribution in [0.25, 0.3) is 0 Å². The molecule has 0 aromatic carbocycles. The van der Waals surface area contributed by atoms with Crippen molar-refractivity contribution in [2.24, 2.45) is 0 Å². The molecule has 0 saturated heterocycles. The highest BCUT2D eigenvalue weighted by atomic mass is 32.2. The Bertz CT molecular complexity index is 222. The quantitative estimate of drug-likeness (QED) is 0.693. The molecule has 0 radical (unpaired) electrons. The molecule has 1 heterocycles. The lowest BCUT2D eigenvalue weighted by molar-refractivity contribution is 1.21. The summed E-state index contributed by atoms with van der Waals surface area (Å²) in [7, 11) is 0. The first kappa shape index (κ1) is 9.19. The van der Waals surface area contributed by atoms with E-state index in [1.54, 1.807) is 12.3 Å². The Morgan fingerprint density at radius 1 is 1.58 bits per heavy atom. The first-order chi connectivity index (χ1) is 5.83. The highest BCUT2D eigenvalue weighted by molar-refractivity contribution is 7.98. The van der Waals surface area contributed by atoms with Crippen molar-refractivity contribution < 1.29 is 0 Å². The summed E-state index contributed by atoms with van der Waals surface area (Å²) in [5.41, 5.74) is 6.46. The van der Waals surface area contributed by atoms with Gasteiger partial charge in [-0.05, 0) is 18.4 Å². The van der Waals surface area contributed by atoms with Crippen LogP contribution >= 0.6 is 11.8 Å². The van der Waals surface area contributed by atoms with Gasteiger partial charge in [0, 0.05) is 12.3 Å². The van der Waals surface area contributed by atoms with E-state index in [4.69, 9.17) is 5.73 Å². The molecule has 0 aliphatic heterocycles. The van der Waals surface area contributed by atoms with E-state index in [0.717, 1.165) is 18.0 Å². The predicted octanol–water partition coefficient (Wildman–Crippen LogP) is 1.44. The molecule has 4 heteroatoms. The fourth-order valence-electron chi connectivity index (χ4n) is 0.807. The third-order valence-corrected chi connectivity index (χ3v) is 2.03. The standard InChI is InChI=1S/C8H13N3S/c1-12-5-4-10-7-2-3-8(9)11-6-7/h2-3,6,10H,4-5H2,1H3,(H2,9,11). The van der Waals surface area contributed by atoms with Gasteiger partial charge in [-0.15, -0.1) is 0 Å². The Kier molecular flexibility index (Phi) is 3.73. The number of rotatable bonds is 4. The van der Waals surface area contributed by atoms with Gasteiger partial charge in [-0.3, -0.25) is 0 Å². The third-order valence-electron chi connectivity index (χ3n) is 1.42. The second-order valence-electron chi connectivity index (χ2n) is 2.39.